The summed E-state index contributed by atoms with van der Waals surface area (Å²) in [6.07, 6.45) is 2.43. The predicted molar refractivity (Wildman–Crippen MR) is 78.5 cm³/mol. The number of hydrogen-bond acceptors (Lipinski definition) is 4. The first-order valence-corrected chi connectivity index (χ1v) is 7.80. The normalized spacial score (nSPS) is 13.7. The average Bonchev–Trinajstić information content (AvgIpc) is 2.94. The third-order valence-corrected chi connectivity index (χ3v) is 5.17. The Kier molecular flexibility index (Phi) is 3.10. The minimum atomic E-state index is -3.57. The minimum absolute atomic E-state index is 0.299. The van der Waals surface area contributed by atoms with E-state index in [0.29, 0.717) is 10.7 Å². The maximum atomic E-state index is 12.6. The SMILES string of the molecule is CN(c1ccccn1)S(=O)(=O)c1ccc2c(c1)CCN2. The molecule has 1 N–H and O–H groups in total. The zero-order valence-corrected chi connectivity index (χ0v) is 11.9. The van der Waals surface area contributed by atoms with Crippen LogP contribution in [0.3, 0.4) is 0 Å². The molecule has 20 heavy (non-hydrogen) atoms. The Balaban J connectivity index is 2.00. The van der Waals surface area contributed by atoms with Gasteiger partial charge in [-0.2, -0.15) is 0 Å². The lowest BCUT2D eigenvalue weighted by Crippen LogP contribution is -2.27. The van der Waals surface area contributed by atoms with Crippen molar-refractivity contribution >= 4 is 21.5 Å². The molecule has 2 heterocycles. The molecule has 0 saturated heterocycles. The van der Waals surface area contributed by atoms with Crippen molar-refractivity contribution in [3.8, 4) is 0 Å². The van der Waals surface area contributed by atoms with Crippen LogP contribution in [0, 0.1) is 0 Å². The van der Waals surface area contributed by atoms with Gasteiger partial charge in [-0.3, -0.25) is 4.31 Å². The van der Waals surface area contributed by atoms with E-state index < -0.39 is 10.0 Å². The summed E-state index contributed by atoms with van der Waals surface area (Å²) in [6.45, 7) is 0.856. The second-order valence-corrected chi connectivity index (χ2v) is 6.63. The van der Waals surface area contributed by atoms with Crippen LogP contribution in [0.5, 0.6) is 0 Å². The molecule has 0 amide bonds. The van der Waals surface area contributed by atoms with Crippen LogP contribution in [0.15, 0.2) is 47.5 Å². The van der Waals surface area contributed by atoms with Crippen molar-refractivity contribution < 1.29 is 8.42 Å². The van der Waals surface area contributed by atoms with E-state index >= 15 is 0 Å². The van der Waals surface area contributed by atoms with Gasteiger partial charge in [0, 0.05) is 25.5 Å². The summed E-state index contributed by atoms with van der Waals surface area (Å²) in [7, 11) is -2.05. The molecular weight excluding hydrogens is 274 g/mol. The quantitative estimate of drug-likeness (QED) is 0.937. The van der Waals surface area contributed by atoms with Gasteiger partial charge in [-0.1, -0.05) is 6.07 Å². The van der Waals surface area contributed by atoms with Crippen molar-refractivity contribution in [1.29, 1.82) is 0 Å². The Labute approximate surface area is 118 Å². The minimum Gasteiger partial charge on any atom is -0.384 e. The number of benzene rings is 1. The molecule has 0 atom stereocenters. The van der Waals surface area contributed by atoms with Crippen LogP contribution >= 0.6 is 0 Å². The van der Waals surface area contributed by atoms with E-state index in [4.69, 9.17) is 0 Å². The second-order valence-electron chi connectivity index (χ2n) is 4.66. The Bertz CT molecular complexity index is 729. The zero-order valence-electron chi connectivity index (χ0n) is 11.1. The van der Waals surface area contributed by atoms with Gasteiger partial charge in [0.2, 0.25) is 0 Å². The average molecular weight is 289 g/mol. The molecule has 1 aromatic heterocycles. The third-order valence-electron chi connectivity index (χ3n) is 3.42. The summed E-state index contributed by atoms with van der Waals surface area (Å²) in [5.74, 6) is 0.408. The number of hydrogen-bond donors (Lipinski definition) is 1. The highest BCUT2D eigenvalue weighted by atomic mass is 32.2. The van der Waals surface area contributed by atoms with Crippen LogP contribution in [0.1, 0.15) is 5.56 Å². The standard InChI is InChI=1S/C14H15N3O2S/c1-17(14-4-2-3-8-16-14)20(18,19)12-5-6-13-11(10-12)7-9-15-13/h2-6,8,10,15H,7,9H2,1H3. The molecule has 1 aliphatic heterocycles. The van der Waals surface area contributed by atoms with Crippen LogP contribution < -0.4 is 9.62 Å². The van der Waals surface area contributed by atoms with E-state index in [1.807, 2.05) is 6.07 Å². The summed E-state index contributed by atoms with van der Waals surface area (Å²) in [5.41, 5.74) is 2.06. The van der Waals surface area contributed by atoms with Crippen LogP contribution in [0.4, 0.5) is 11.5 Å². The lowest BCUT2D eigenvalue weighted by Gasteiger charge is -2.18. The summed E-state index contributed by atoms with van der Waals surface area (Å²) in [4.78, 5) is 4.38. The number of sulfonamides is 1. The topological polar surface area (TPSA) is 62.3 Å². The number of rotatable bonds is 3. The van der Waals surface area contributed by atoms with Gasteiger partial charge in [0.1, 0.15) is 5.82 Å². The number of nitrogens with zero attached hydrogens (tertiary/aromatic N) is 2. The Morgan fingerprint density at radius 2 is 2.10 bits per heavy atom. The molecule has 0 saturated carbocycles. The Morgan fingerprint density at radius 3 is 2.85 bits per heavy atom. The molecule has 0 bridgehead atoms. The van der Waals surface area contributed by atoms with Crippen molar-refractivity contribution in [2.45, 2.75) is 11.3 Å². The van der Waals surface area contributed by atoms with Gasteiger partial charge in [-0.25, -0.2) is 13.4 Å². The summed E-state index contributed by atoms with van der Waals surface area (Å²) >= 11 is 0. The zero-order chi connectivity index (χ0) is 14.2. The fourth-order valence-corrected chi connectivity index (χ4v) is 3.46. The molecule has 3 rings (SSSR count). The van der Waals surface area contributed by atoms with Gasteiger partial charge in [-0.15, -0.1) is 0 Å². The van der Waals surface area contributed by atoms with E-state index in [9.17, 15) is 8.42 Å². The summed E-state index contributed by atoms with van der Waals surface area (Å²) in [5, 5.41) is 3.22. The van der Waals surface area contributed by atoms with Crippen molar-refractivity contribution in [3.05, 3.63) is 48.2 Å². The fraction of sp³-hybridized carbons (Fsp3) is 0.214. The lowest BCUT2D eigenvalue weighted by atomic mass is 10.2. The summed E-state index contributed by atoms with van der Waals surface area (Å²) < 4.78 is 26.4. The van der Waals surface area contributed by atoms with E-state index in [-0.39, 0.29) is 0 Å². The number of pyridine rings is 1. The number of anilines is 2. The van der Waals surface area contributed by atoms with Crippen LogP contribution in [-0.2, 0) is 16.4 Å². The first-order valence-electron chi connectivity index (χ1n) is 6.36. The largest absolute Gasteiger partial charge is 0.384 e. The molecule has 1 aromatic carbocycles. The smallest absolute Gasteiger partial charge is 0.265 e. The van der Waals surface area contributed by atoms with Crippen LogP contribution in [0.25, 0.3) is 0 Å². The molecule has 0 spiro atoms. The van der Waals surface area contributed by atoms with Gasteiger partial charge in [0.25, 0.3) is 10.0 Å². The van der Waals surface area contributed by atoms with Crippen molar-refractivity contribution in [3.63, 3.8) is 0 Å². The second kappa shape index (κ2) is 4.79. The Morgan fingerprint density at radius 1 is 1.25 bits per heavy atom. The van der Waals surface area contributed by atoms with Crippen molar-refractivity contribution in [2.24, 2.45) is 0 Å². The van der Waals surface area contributed by atoms with Gasteiger partial charge in [0.15, 0.2) is 0 Å². The van der Waals surface area contributed by atoms with E-state index in [1.165, 1.54) is 11.4 Å². The van der Waals surface area contributed by atoms with Crippen LogP contribution in [-0.4, -0.2) is 27.0 Å². The summed E-state index contributed by atoms with van der Waals surface area (Å²) in [6, 6.07) is 10.4. The highest BCUT2D eigenvalue weighted by Gasteiger charge is 2.23. The van der Waals surface area contributed by atoms with E-state index in [1.54, 1.807) is 36.5 Å². The molecule has 5 nitrogen and oxygen atoms in total. The molecule has 104 valence electrons. The maximum Gasteiger partial charge on any atom is 0.265 e. The highest BCUT2D eigenvalue weighted by Crippen LogP contribution is 2.27. The van der Waals surface area contributed by atoms with Gasteiger partial charge < -0.3 is 5.32 Å². The van der Waals surface area contributed by atoms with Gasteiger partial charge >= 0.3 is 0 Å². The number of nitrogens with one attached hydrogen (secondary N) is 1. The molecule has 2 aromatic rings. The molecule has 1 aliphatic rings. The van der Waals surface area contributed by atoms with Gasteiger partial charge in [-0.05, 0) is 42.3 Å². The maximum absolute atomic E-state index is 12.6. The third kappa shape index (κ3) is 2.12. The predicted octanol–water partition coefficient (Wildman–Crippen LogP) is 1.87. The van der Waals surface area contributed by atoms with E-state index in [0.717, 1.165) is 24.2 Å². The highest BCUT2D eigenvalue weighted by molar-refractivity contribution is 7.92. The molecule has 0 aliphatic carbocycles. The van der Waals surface area contributed by atoms with Crippen molar-refractivity contribution in [1.82, 2.24) is 4.98 Å². The van der Waals surface area contributed by atoms with Gasteiger partial charge in [0.05, 0.1) is 4.90 Å². The van der Waals surface area contributed by atoms with E-state index in [2.05, 4.69) is 10.3 Å². The molecule has 0 fully saturated rings. The molecule has 0 radical (unpaired) electrons. The first kappa shape index (κ1) is 12.9. The molecule has 6 heteroatoms. The lowest BCUT2D eigenvalue weighted by molar-refractivity contribution is 0.594. The Hall–Kier alpha value is -2.08. The first-order chi connectivity index (χ1) is 9.59. The van der Waals surface area contributed by atoms with Crippen LogP contribution in [0.2, 0.25) is 0 Å². The fourth-order valence-electron chi connectivity index (χ4n) is 2.26. The monoisotopic (exact) mass is 289 g/mol. The molecular formula is C14H15N3O2S. The van der Waals surface area contributed by atoms with Crippen molar-refractivity contribution in [2.75, 3.05) is 23.2 Å². The molecule has 0 unspecified atom stereocenters. The number of aromatic nitrogens is 1. The number of fused-ring (bicyclic) bond motifs is 1.